The molecule has 1 heterocycles. The van der Waals surface area contributed by atoms with Crippen molar-refractivity contribution in [2.24, 2.45) is 0 Å². The summed E-state index contributed by atoms with van der Waals surface area (Å²) in [7, 11) is 1.52. The summed E-state index contributed by atoms with van der Waals surface area (Å²) < 4.78 is 13.4. The minimum absolute atomic E-state index is 0.0247. The van der Waals surface area contributed by atoms with E-state index in [1.807, 2.05) is 0 Å². The van der Waals surface area contributed by atoms with Crippen molar-refractivity contribution >= 4 is 23.4 Å². The molecule has 2 rings (SSSR count). The fraction of sp³-hybridized carbons (Fsp3) is 0.429. The molecule has 114 valence electrons. The van der Waals surface area contributed by atoms with Gasteiger partial charge in [0, 0.05) is 38.8 Å². The summed E-state index contributed by atoms with van der Waals surface area (Å²) in [6.07, 6.45) is 0. The van der Waals surface area contributed by atoms with Crippen LogP contribution in [0.1, 0.15) is 10.4 Å². The van der Waals surface area contributed by atoms with Crippen LogP contribution in [0.5, 0.6) is 0 Å². The number of amides is 2. The quantitative estimate of drug-likeness (QED) is 0.905. The maximum atomic E-state index is 13.4. The van der Waals surface area contributed by atoms with Gasteiger partial charge in [0.05, 0.1) is 11.6 Å². The lowest BCUT2D eigenvalue weighted by Crippen LogP contribution is -2.49. The van der Waals surface area contributed by atoms with Crippen molar-refractivity contribution in [3.8, 4) is 0 Å². The SMILES string of the molecule is CN(CC(=O)N1CCNCC1)C(=O)c1ccc(Cl)c(F)c1. The summed E-state index contributed by atoms with van der Waals surface area (Å²) in [5.74, 6) is -1.17. The van der Waals surface area contributed by atoms with Crippen molar-refractivity contribution in [2.75, 3.05) is 39.8 Å². The van der Waals surface area contributed by atoms with Crippen LogP contribution in [0.25, 0.3) is 0 Å². The van der Waals surface area contributed by atoms with E-state index in [1.165, 1.54) is 24.1 Å². The molecule has 0 aromatic heterocycles. The number of halogens is 2. The van der Waals surface area contributed by atoms with Gasteiger partial charge in [0.1, 0.15) is 5.82 Å². The summed E-state index contributed by atoms with van der Waals surface area (Å²) in [4.78, 5) is 27.2. The van der Waals surface area contributed by atoms with Gasteiger partial charge in [-0.25, -0.2) is 4.39 Å². The highest BCUT2D eigenvalue weighted by molar-refractivity contribution is 6.30. The second kappa shape index (κ2) is 6.87. The first-order valence-corrected chi connectivity index (χ1v) is 7.06. The Morgan fingerprint density at radius 2 is 2.05 bits per heavy atom. The number of piperazine rings is 1. The molecule has 0 unspecified atom stereocenters. The Hall–Kier alpha value is -1.66. The number of nitrogens with one attached hydrogen (secondary N) is 1. The molecule has 5 nitrogen and oxygen atoms in total. The van der Waals surface area contributed by atoms with Crippen LogP contribution in [0, 0.1) is 5.82 Å². The first-order valence-electron chi connectivity index (χ1n) is 6.68. The average molecular weight is 314 g/mol. The van der Waals surface area contributed by atoms with Crippen LogP contribution in [-0.2, 0) is 4.79 Å². The van der Waals surface area contributed by atoms with E-state index in [0.717, 1.165) is 19.2 Å². The van der Waals surface area contributed by atoms with E-state index >= 15 is 0 Å². The lowest BCUT2D eigenvalue weighted by atomic mass is 10.2. The molecule has 7 heteroatoms. The molecule has 1 aromatic carbocycles. The Morgan fingerprint density at radius 1 is 1.38 bits per heavy atom. The van der Waals surface area contributed by atoms with Gasteiger partial charge in [-0.05, 0) is 18.2 Å². The first-order chi connectivity index (χ1) is 9.99. The minimum atomic E-state index is -0.649. The molecule has 0 aliphatic carbocycles. The number of benzene rings is 1. The fourth-order valence-electron chi connectivity index (χ4n) is 2.14. The van der Waals surface area contributed by atoms with Gasteiger partial charge in [0.15, 0.2) is 0 Å². The van der Waals surface area contributed by atoms with Crippen LogP contribution in [0.3, 0.4) is 0 Å². The van der Waals surface area contributed by atoms with Crippen molar-refractivity contribution in [2.45, 2.75) is 0 Å². The Balaban J connectivity index is 1.98. The zero-order valence-electron chi connectivity index (χ0n) is 11.7. The van der Waals surface area contributed by atoms with E-state index < -0.39 is 11.7 Å². The molecule has 21 heavy (non-hydrogen) atoms. The highest BCUT2D eigenvalue weighted by atomic mass is 35.5. The number of likely N-dealkylation sites (N-methyl/N-ethyl adjacent to an activating group) is 1. The second-order valence-electron chi connectivity index (χ2n) is 4.92. The van der Waals surface area contributed by atoms with Crippen molar-refractivity contribution in [3.05, 3.63) is 34.6 Å². The second-order valence-corrected chi connectivity index (χ2v) is 5.33. The van der Waals surface area contributed by atoms with Crippen molar-refractivity contribution in [1.82, 2.24) is 15.1 Å². The topological polar surface area (TPSA) is 52.7 Å². The number of nitrogens with zero attached hydrogens (tertiary/aromatic N) is 2. The third-order valence-corrected chi connectivity index (χ3v) is 3.66. The van der Waals surface area contributed by atoms with Crippen LogP contribution >= 0.6 is 11.6 Å². The summed E-state index contributed by atoms with van der Waals surface area (Å²) in [6.45, 7) is 2.76. The predicted octanol–water partition coefficient (Wildman–Crippen LogP) is 0.983. The largest absolute Gasteiger partial charge is 0.339 e. The van der Waals surface area contributed by atoms with Crippen molar-refractivity contribution < 1.29 is 14.0 Å². The third-order valence-electron chi connectivity index (χ3n) is 3.36. The lowest BCUT2D eigenvalue weighted by Gasteiger charge is -2.29. The van der Waals surface area contributed by atoms with E-state index in [0.29, 0.717) is 13.1 Å². The van der Waals surface area contributed by atoms with Gasteiger partial charge in [-0.2, -0.15) is 0 Å². The number of rotatable bonds is 3. The van der Waals surface area contributed by atoms with E-state index in [1.54, 1.807) is 4.90 Å². The van der Waals surface area contributed by atoms with E-state index in [9.17, 15) is 14.0 Å². The van der Waals surface area contributed by atoms with Crippen LogP contribution in [-0.4, -0.2) is 61.4 Å². The first kappa shape index (κ1) is 15.7. The van der Waals surface area contributed by atoms with E-state index in [-0.39, 0.29) is 23.0 Å². The van der Waals surface area contributed by atoms with Crippen LogP contribution in [0.2, 0.25) is 5.02 Å². The zero-order valence-corrected chi connectivity index (χ0v) is 12.5. The average Bonchev–Trinajstić information content (AvgIpc) is 2.50. The molecule has 1 aliphatic rings. The monoisotopic (exact) mass is 313 g/mol. The lowest BCUT2D eigenvalue weighted by molar-refractivity contribution is -0.132. The molecule has 2 amide bonds. The zero-order chi connectivity index (χ0) is 15.4. The molecule has 1 N–H and O–H groups in total. The Bertz CT molecular complexity index is 547. The highest BCUT2D eigenvalue weighted by Crippen LogP contribution is 2.16. The summed E-state index contributed by atoms with van der Waals surface area (Å²) in [6, 6.07) is 3.85. The Labute approximate surface area is 127 Å². The normalized spacial score (nSPS) is 14.9. The van der Waals surface area contributed by atoms with E-state index in [4.69, 9.17) is 11.6 Å². The molecule has 1 aliphatic heterocycles. The third kappa shape index (κ3) is 3.92. The summed E-state index contributed by atoms with van der Waals surface area (Å²) in [5, 5.41) is 3.12. The maximum Gasteiger partial charge on any atom is 0.254 e. The molecule has 0 bridgehead atoms. The van der Waals surface area contributed by atoms with Gasteiger partial charge in [-0.3, -0.25) is 9.59 Å². The molecule has 0 spiro atoms. The van der Waals surface area contributed by atoms with Crippen molar-refractivity contribution in [3.63, 3.8) is 0 Å². The molecular weight excluding hydrogens is 297 g/mol. The standard InChI is InChI=1S/C14H17ClFN3O2/c1-18(9-13(20)19-6-4-17-5-7-19)14(21)10-2-3-11(15)12(16)8-10/h2-3,8,17H,4-7,9H2,1H3. The van der Waals surface area contributed by atoms with Crippen molar-refractivity contribution in [1.29, 1.82) is 0 Å². The number of hydrogen-bond donors (Lipinski definition) is 1. The van der Waals surface area contributed by atoms with E-state index in [2.05, 4.69) is 5.32 Å². The van der Waals surface area contributed by atoms with Gasteiger partial charge >= 0.3 is 0 Å². The van der Waals surface area contributed by atoms with Gasteiger partial charge < -0.3 is 15.1 Å². The maximum absolute atomic E-state index is 13.4. The smallest absolute Gasteiger partial charge is 0.254 e. The molecule has 0 radical (unpaired) electrons. The summed E-state index contributed by atoms with van der Waals surface area (Å²) in [5.41, 5.74) is 0.174. The van der Waals surface area contributed by atoms with Gasteiger partial charge in [-0.15, -0.1) is 0 Å². The predicted molar refractivity (Wildman–Crippen MR) is 77.8 cm³/mol. The molecule has 1 fully saturated rings. The van der Waals surface area contributed by atoms with Gasteiger partial charge in [0.2, 0.25) is 5.91 Å². The summed E-state index contributed by atoms with van der Waals surface area (Å²) >= 11 is 5.58. The van der Waals surface area contributed by atoms with Gasteiger partial charge in [-0.1, -0.05) is 11.6 Å². The van der Waals surface area contributed by atoms with Gasteiger partial charge in [0.25, 0.3) is 5.91 Å². The van der Waals surface area contributed by atoms with Crippen LogP contribution in [0.15, 0.2) is 18.2 Å². The number of carbonyl (C=O) groups excluding carboxylic acids is 2. The number of hydrogen-bond acceptors (Lipinski definition) is 3. The molecular formula is C14H17ClFN3O2. The molecule has 0 saturated carbocycles. The molecule has 1 saturated heterocycles. The molecule has 1 aromatic rings. The highest BCUT2D eigenvalue weighted by Gasteiger charge is 2.21. The minimum Gasteiger partial charge on any atom is -0.339 e. The number of carbonyl (C=O) groups is 2. The Kier molecular flexibility index (Phi) is 5.14. The van der Waals surface area contributed by atoms with Crippen LogP contribution in [0.4, 0.5) is 4.39 Å². The fourth-order valence-corrected chi connectivity index (χ4v) is 2.26. The van der Waals surface area contributed by atoms with Crippen LogP contribution < -0.4 is 5.32 Å². The molecule has 0 atom stereocenters. The Morgan fingerprint density at radius 3 is 2.67 bits per heavy atom.